The van der Waals surface area contributed by atoms with Crippen molar-refractivity contribution in [3.05, 3.63) is 71.2 Å². The van der Waals surface area contributed by atoms with E-state index < -0.39 is 5.72 Å². The van der Waals surface area contributed by atoms with Crippen LogP contribution in [0.25, 0.3) is 0 Å². The quantitative estimate of drug-likeness (QED) is 0.872. The SMILES string of the molecule is CC(C)(C)C1(C2=CC=C=C=C2)N=C(N)N(Cc2ccccc2)O1. The molecule has 4 heteroatoms. The second kappa shape index (κ2) is 5.60. The number of hydroxylamine groups is 2. The zero-order chi connectivity index (χ0) is 16.5. The summed E-state index contributed by atoms with van der Waals surface area (Å²) in [7, 11) is 0. The molecule has 2 N–H and O–H groups in total. The number of allylic oxidation sites excluding steroid dienone is 2. The molecule has 0 amide bonds. The molecule has 1 aromatic carbocycles. The van der Waals surface area contributed by atoms with Crippen molar-refractivity contribution in [2.75, 3.05) is 0 Å². The van der Waals surface area contributed by atoms with Crippen LogP contribution in [0.5, 0.6) is 0 Å². The third kappa shape index (κ3) is 2.76. The van der Waals surface area contributed by atoms with Crippen LogP contribution in [-0.4, -0.2) is 16.7 Å². The summed E-state index contributed by atoms with van der Waals surface area (Å²) in [5.74, 6) is 0.386. The average molecular weight is 307 g/mol. The van der Waals surface area contributed by atoms with Crippen LogP contribution >= 0.6 is 0 Å². The molecule has 0 saturated heterocycles. The highest BCUT2D eigenvalue weighted by Gasteiger charge is 2.52. The van der Waals surface area contributed by atoms with Gasteiger partial charge in [-0.3, -0.25) is 0 Å². The van der Waals surface area contributed by atoms with Gasteiger partial charge < -0.3 is 5.73 Å². The normalized spacial score (nSPS) is 23.2. The van der Waals surface area contributed by atoms with Crippen LogP contribution in [0.4, 0.5) is 0 Å². The van der Waals surface area contributed by atoms with E-state index in [1.165, 1.54) is 0 Å². The maximum atomic E-state index is 6.29. The van der Waals surface area contributed by atoms with Crippen molar-refractivity contribution in [2.45, 2.75) is 33.0 Å². The number of benzene rings is 1. The zero-order valence-corrected chi connectivity index (χ0v) is 13.7. The lowest BCUT2D eigenvalue weighted by Gasteiger charge is -2.39. The van der Waals surface area contributed by atoms with Crippen LogP contribution in [0.2, 0.25) is 0 Å². The Bertz CT molecular complexity index is 758. The summed E-state index contributed by atoms with van der Waals surface area (Å²) in [6, 6.07) is 10.1. The fourth-order valence-electron chi connectivity index (χ4n) is 2.72. The van der Waals surface area contributed by atoms with Gasteiger partial charge in [-0.15, -0.1) is 0 Å². The summed E-state index contributed by atoms with van der Waals surface area (Å²) in [5, 5.41) is 1.66. The van der Waals surface area contributed by atoms with Crippen LogP contribution in [0.15, 0.2) is 70.6 Å². The standard InChI is InChI=1S/C19H21N3O/c1-18(2,3)19(16-12-8-5-9-13-16)21-17(20)22(23-19)14-15-10-6-4-7-11-15/h4,6-8,10-13H,14H2,1-3H3,(H2,20,21). The van der Waals surface area contributed by atoms with Crippen molar-refractivity contribution in [3.8, 4) is 0 Å². The second-order valence-electron chi connectivity index (χ2n) is 6.70. The number of rotatable bonds is 3. The molecule has 1 aromatic rings. The van der Waals surface area contributed by atoms with Gasteiger partial charge in [-0.05, 0) is 23.8 Å². The third-order valence-corrected chi connectivity index (χ3v) is 4.00. The maximum absolute atomic E-state index is 6.29. The predicted molar refractivity (Wildman–Crippen MR) is 91.1 cm³/mol. The van der Waals surface area contributed by atoms with E-state index in [0.717, 1.165) is 11.1 Å². The molecule has 0 bridgehead atoms. The summed E-state index contributed by atoms with van der Waals surface area (Å²) >= 11 is 0. The molecule has 0 spiro atoms. The van der Waals surface area contributed by atoms with Gasteiger partial charge in [0.15, 0.2) is 0 Å². The summed E-state index contributed by atoms with van der Waals surface area (Å²) < 4.78 is 0. The van der Waals surface area contributed by atoms with Gasteiger partial charge in [-0.1, -0.05) is 62.6 Å². The predicted octanol–water partition coefficient (Wildman–Crippen LogP) is 3.30. The molecule has 23 heavy (non-hydrogen) atoms. The van der Waals surface area contributed by atoms with Crippen LogP contribution in [-0.2, 0) is 11.4 Å². The fourth-order valence-corrected chi connectivity index (χ4v) is 2.72. The zero-order valence-electron chi connectivity index (χ0n) is 13.7. The van der Waals surface area contributed by atoms with E-state index in [1.54, 1.807) is 5.06 Å². The Kier molecular flexibility index (Phi) is 3.75. The lowest BCUT2D eigenvalue weighted by atomic mass is 9.78. The van der Waals surface area contributed by atoms with Gasteiger partial charge in [0.25, 0.3) is 0 Å². The highest BCUT2D eigenvalue weighted by atomic mass is 16.7. The first-order chi connectivity index (χ1) is 10.9. The van der Waals surface area contributed by atoms with Crippen LogP contribution in [0, 0.1) is 5.41 Å². The van der Waals surface area contributed by atoms with Crippen LogP contribution in [0.1, 0.15) is 26.3 Å². The van der Waals surface area contributed by atoms with E-state index in [9.17, 15) is 0 Å². The van der Waals surface area contributed by atoms with Crippen molar-refractivity contribution in [3.63, 3.8) is 0 Å². The lowest BCUT2D eigenvalue weighted by molar-refractivity contribution is -0.204. The first-order valence-electron chi connectivity index (χ1n) is 7.66. The Morgan fingerprint density at radius 3 is 2.57 bits per heavy atom. The molecule has 0 aromatic heterocycles. The van der Waals surface area contributed by atoms with Gasteiger partial charge in [0.1, 0.15) is 0 Å². The van der Waals surface area contributed by atoms with Gasteiger partial charge in [0, 0.05) is 11.0 Å². The number of hydrogen-bond donors (Lipinski definition) is 1. The minimum absolute atomic E-state index is 0.280. The smallest absolute Gasteiger partial charge is 0.220 e. The molecular weight excluding hydrogens is 286 g/mol. The van der Waals surface area contributed by atoms with Crippen molar-refractivity contribution in [1.29, 1.82) is 0 Å². The van der Waals surface area contributed by atoms with Gasteiger partial charge in [0.05, 0.1) is 6.54 Å². The second-order valence-corrected chi connectivity index (χ2v) is 6.70. The largest absolute Gasteiger partial charge is 0.368 e. The first kappa shape index (κ1) is 15.4. The summed E-state index contributed by atoms with van der Waals surface area (Å²) in [5.41, 5.74) is 13.0. The molecule has 1 aliphatic heterocycles. The average Bonchev–Trinajstić information content (AvgIpc) is 2.87. The number of hydrogen-bond acceptors (Lipinski definition) is 4. The Hall–Kier alpha value is -2.51. The highest BCUT2D eigenvalue weighted by Crippen LogP contribution is 2.45. The minimum atomic E-state index is -0.864. The van der Waals surface area contributed by atoms with E-state index in [4.69, 9.17) is 15.6 Å². The molecule has 0 fully saturated rings. The highest BCUT2D eigenvalue weighted by molar-refractivity contribution is 5.79. The van der Waals surface area contributed by atoms with E-state index in [2.05, 4.69) is 32.2 Å². The van der Waals surface area contributed by atoms with E-state index >= 15 is 0 Å². The van der Waals surface area contributed by atoms with Gasteiger partial charge in [-0.25, -0.2) is 14.9 Å². The Labute approximate surface area is 136 Å². The van der Waals surface area contributed by atoms with E-state index in [0.29, 0.717) is 12.5 Å². The Morgan fingerprint density at radius 1 is 1.22 bits per heavy atom. The summed E-state index contributed by atoms with van der Waals surface area (Å²) in [4.78, 5) is 11.0. The minimum Gasteiger partial charge on any atom is -0.368 e. The number of nitrogens with two attached hydrogens (primary N) is 1. The molecule has 0 radical (unpaired) electrons. The molecule has 118 valence electrons. The topological polar surface area (TPSA) is 50.8 Å². The number of guanidine groups is 1. The van der Waals surface area contributed by atoms with E-state index in [-0.39, 0.29) is 5.41 Å². The molecule has 1 atom stereocenters. The van der Waals surface area contributed by atoms with E-state index in [1.807, 2.05) is 48.6 Å². The van der Waals surface area contributed by atoms with Gasteiger partial charge >= 0.3 is 0 Å². The van der Waals surface area contributed by atoms with Gasteiger partial charge in [-0.2, -0.15) is 0 Å². The van der Waals surface area contributed by atoms with Crippen molar-refractivity contribution in [1.82, 2.24) is 5.06 Å². The molecule has 2 aliphatic rings. The van der Waals surface area contributed by atoms with Crippen molar-refractivity contribution in [2.24, 2.45) is 16.1 Å². The van der Waals surface area contributed by atoms with Crippen LogP contribution < -0.4 is 5.73 Å². The molecule has 4 nitrogen and oxygen atoms in total. The molecule has 0 saturated carbocycles. The monoisotopic (exact) mass is 307 g/mol. The van der Waals surface area contributed by atoms with Crippen molar-refractivity contribution < 1.29 is 4.84 Å². The maximum Gasteiger partial charge on any atom is 0.220 e. The summed E-state index contributed by atoms with van der Waals surface area (Å²) in [6.07, 6.45) is 5.62. The third-order valence-electron chi connectivity index (χ3n) is 4.00. The van der Waals surface area contributed by atoms with Gasteiger partial charge in [0.2, 0.25) is 11.7 Å². The molecule has 1 aliphatic carbocycles. The lowest BCUT2D eigenvalue weighted by Crippen LogP contribution is -2.45. The Balaban J connectivity index is 1.93. The van der Waals surface area contributed by atoms with Crippen molar-refractivity contribution >= 4 is 5.96 Å². The first-order valence-corrected chi connectivity index (χ1v) is 7.66. The molecule has 1 heterocycles. The fraction of sp³-hybridized carbons (Fsp3) is 0.316. The van der Waals surface area contributed by atoms with Crippen LogP contribution in [0.3, 0.4) is 0 Å². The Morgan fingerprint density at radius 2 is 1.96 bits per heavy atom. The summed E-state index contributed by atoms with van der Waals surface area (Å²) in [6.45, 7) is 6.82. The molecule has 3 rings (SSSR count). The molecular formula is C19H21N3O. The molecule has 1 unspecified atom stereocenters. The number of aliphatic imine (C=N–C) groups is 1. The number of nitrogens with zero attached hydrogens (tertiary/aromatic N) is 2.